The zero-order chi connectivity index (χ0) is 22.6. The number of carbonyl (C=O) groups is 1. The highest BCUT2D eigenvalue weighted by atomic mass is 16.1. The summed E-state index contributed by atoms with van der Waals surface area (Å²) in [5.74, 6) is 2.55. The average Bonchev–Trinajstić information content (AvgIpc) is 3.53. The Balaban J connectivity index is 1.45. The van der Waals surface area contributed by atoms with Crippen LogP contribution in [0.2, 0.25) is 0 Å². The zero-order valence-corrected chi connectivity index (χ0v) is 17.6. The third-order valence-electron chi connectivity index (χ3n) is 5.42. The van der Waals surface area contributed by atoms with Crippen molar-refractivity contribution in [3.05, 3.63) is 96.7 Å². The Morgan fingerprint density at radius 2 is 2.00 bits per heavy atom. The van der Waals surface area contributed by atoms with Crippen molar-refractivity contribution in [1.29, 1.82) is 0 Å². The predicted octanol–water partition coefficient (Wildman–Crippen LogP) is 4.69. The van der Waals surface area contributed by atoms with Crippen LogP contribution in [0, 0.1) is 12.3 Å². The lowest BCUT2D eigenvalue weighted by molar-refractivity contribution is 0.102. The molecule has 33 heavy (non-hydrogen) atoms. The van der Waals surface area contributed by atoms with Crippen LogP contribution in [0.25, 0.3) is 22.3 Å². The monoisotopic (exact) mass is 432 g/mol. The molecule has 3 aromatic heterocycles. The summed E-state index contributed by atoms with van der Waals surface area (Å²) in [6.45, 7) is 0. The van der Waals surface area contributed by atoms with E-state index in [1.165, 1.54) is 6.33 Å². The van der Waals surface area contributed by atoms with Crippen molar-refractivity contribution in [1.82, 2.24) is 24.7 Å². The highest BCUT2D eigenvalue weighted by molar-refractivity contribution is 6.04. The van der Waals surface area contributed by atoms with Gasteiger partial charge in [0.2, 0.25) is 0 Å². The van der Waals surface area contributed by atoms with Crippen LogP contribution in [0.3, 0.4) is 0 Å². The molecule has 2 aromatic carbocycles. The summed E-state index contributed by atoms with van der Waals surface area (Å²) < 4.78 is 1.82. The second-order valence-electron chi connectivity index (χ2n) is 7.54. The van der Waals surface area contributed by atoms with Gasteiger partial charge in [0.05, 0.1) is 17.9 Å². The number of nitrogens with zero attached hydrogens (tertiary/aromatic N) is 4. The average molecular weight is 432 g/mol. The Hall–Kier alpha value is -4.70. The van der Waals surface area contributed by atoms with E-state index in [1.807, 2.05) is 71.7 Å². The van der Waals surface area contributed by atoms with Crippen molar-refractivity contribution in [2.24, 2.45) is 0 Å². The number of amides is 1. The minimum absolute atomic E-state index is 0.181. The molecular formula is C26H20N6O. The number of terminal acetylenes is 1. The highest BCUT2D eigenvalue weighted by Crippen LogP contribution is 2.28. The van der Waals surface area contributed by atoms with E-state index in [0.29, 0.717) is 12.0 Å². The largest absolute Gasteiger partial charge is 0.346 e. The first-order valence-electron chi connectivity index (χ1n) is 10.5. The maximum atomic E-state index is 12.8. The van der Waals surface area contributed by atoms with Crippen LogP contribution in [-0.2, 0) is 0 Å². The van der Waals surface area contributed by atoms with Gasteiger partial charge in [-0.25, -0.2) is 9.97 Å². The number of hydrogen-bond acceptors (Lipinski definition) is 4. The molecule has 1 amide bonds. The van der Waals surface area contributed by atoms with E-state index in [1.54, 1.807) is 12.3 Å². The summed E-state index contributed by atoms with van der Waals surface area (Å²) in [6.07, 6.45) is 13.2. The first-order chi connectivity index (χ1) is 16.2. The lowest BCUT2D eigenvalue weighted by Gasteiger charge is -2.16. The fourth-order valence-corrected chi connectivity index (χ4v) is 3.82. The molecule has 3 heterocycles. The summed E-state index contributed by atoms with van der Waals surface area (Å²) in [5, 5.41) is 8.41. The Kier molecular flexibility index (Phi) is 5.40. The van der Waals surface area contributed by atoms with Gasteiger partial charge in [-0.15, -0.1) is 12.3 Å². The van der Waals surface area contributed by atoms with Crippen LogP contribution in [-0.4, -0.2) is 30.6 Å². The standard InChI is InChI=1S/C26H20N6O/c1-2-7-23(18-8-6-9-19(14-18)26(33)31-21-10-4-3-5-11-21)32-16-20(15-30-32)24-22-12-13-27-25(22)29-17-28-24/h1,3-6,8-17,23H,7H2,(H,31,33)(H,27,28,29). The summed E-state index contributed by atoms with van der Waals surface area (Å²) in [7, 11) is 0. The molecule has 0 radical (unpaired) electrons. The van der Waals surface area contributed by atoms with E-state index in [-0.39, 0.29) is 11.9 Å². The first-order valence-corrected chi connectivity index (χ1v) is 10.5. The molecule has 0 aliphatic carbocycles. The van der Waals surface area contributed by atoms with Crippen molar-refractivity contribution in [2.75, 3.05) is 5.32 Å². The lowest BCUT2D eigenvalue weighted by Crippen LogP contribution is -2.14. The molecule has 0 saturated heterocycles. The smallest absolute Gasteiger partial charge is 0.255 e. The summed E-state index contributed by atoms with van der Waals surface area (Å²) in [6, 6.07) is 18.5. The van der Waals surface area contributed by atoms with Crippen LogP contribution >= 0.6 is 0 Å². The van der Waals surface area contributed by atoms with E-state index < -0.39 is 0 Å². The third kappa shape index (κ3) is 4.10. The number of aromatic amines is 1. The van der Waals surface area contributed by atoms with Gasteiger partial charge in [0, 0.05) is 41.0 Å². The Labute approximate surface area is 190 Å². The minimum atomic E-state index is -0.225. The Morgan fingerprint density at radius 3 is 2.85 bits per heavy atom. The van der Waals surface area contributed by atoms with Crippen molar-refractivity contribution < 1.29 is 4.79 Å². The summed E-state index contributed by atoms with van der Waals surface area (Å²) in [4.78, 5) is 24.6. The normalized spacial score (nSPS) is 11.7. The van der Waals surface area contributed by atoms with Gasteiger partial charge >= 0.3 is 0 Å². The van der Waals surface area contributed by atoms with Crippen LogP contribution in [0.4, 0.5) is 5.69 Å². The number of H-pyrrole nitrogens is 1. The summed E-state index contributed by atoms with van der Waals surface area (Å²) >= 11 is 0. The molecule has 5 rings (SSSR count). The number of hydrogen-bond donors (Lipinski definition) is 2. The molecule has 7 nitrogen and oxygen atoms in total. The quantitative estimate of drug-likeness (QED) is 0.381. The molecule has 160 valence electrons. The molecule has 1 atom stereocenters. The molecule has 0 bridgehead atoms. The van der Waals surface area contributed by atoms with Gasteiger partial charge in [0.25, 0.3) is 5.91 Å². The van der Waals surface area contributed by atoms with Crippen molar-refractivity contribution in [3.63, 3.8) is 0 Å². The number of fused-ring (bicyclic) bond motifs is 1. The van der Waals surface area contributed by atoms with Crippen molar-refractivity contribution in [3.8, 4) is 23.6 Å². The van der Waals surface area contributed by atoms with E-state index >= 15 is 0 Å². The number of anilines is 1. The number of benzene rings is 2. The number of carbonyl (C=O) groups excluding carboxylic acids is 1. The van der Waals surface area contributed by atoms with Gasteiger partial charge < -0.3 is 10.3 Å². The molecule has 0 fully saturated rings. The van der Waals surface area contributed by atoms with Crippen molar-refractivity contribution in [2.45, 2.75) is 12.5 Å². The van der Waals surface area contributed by atoms with Crippen LogP contribution in [0.1, 0.15) is 28.4 Å². The Bertz CT molecular complexity index is 1460. The Morgan fingerprint density at radius 1 is 1.12 bits per heavy atom. The molecule has 1 unspecified atom stereocenters. The maximum absolute atomic E-state index is 12.8. The van der Waals surface area contributed by atoms with E-state index in [4.69, 9.17) is 6.42 Å². The van der Waals surface area contributed by atoms with E-state index in [2.05, 4.69) is 31.3 Å². The molecule has 5 aromatic rings. The van der Waals surface area contributed by atoms with Crippen molar-refractivity contribution >= 4 is 22.6 Å². The van der Waals surface area contributed by atoms with Gasteiger partial charge in [0.1, 0.15) is 12.0 Å². The number of aromatic nitrogens is 5. The third-order valence-corrected chi connectivity index (χ3v) is 5.42. The number of nitrogens with one attached hydrogen (secondary N) is 2. The van der Waals surface area contributed by atoms with Gasteiger partial charge in [-0.1, -0.05) is 30.3 Å². The minimum Gasteiger partial charge on any atom is -0.346 e. The zero-order valence-electron chi connectivity index (χ0n) is 17.6. The van der Waals surface area contributed by atoms with Crippen LogP contribution < -0.4 is 5.32 Å². The van der Waals surface area contributed by atoms with Crippen LogP contribution in [0.5, 0.6) is 0 Å². The summed E-state index contributed by atoms with van der Waals surface area (Å²) in [5.41, 5.74) is 4.62. The fourth-order valence-electron chi connectivity index (χ4n) is 3.82. The predicted molar refractivity (Wildman–Crippen MR) is 128 cm³/mol. The van der Waals surface area contributed by atoms with Crippen LogP contribution in [0.15, 0.2) is 85.6 Å². The topological polar surface area (TPSA) is 88.5 Å². The molecule has 7 heteroatoms. The SMILES string of the molecule is C#CCC(c1cccc(C(=O)Nc2ccccc2)c1)n1cc(-c2ncnc3[nH]ccc23)cn1. The molecule has 2 N–H and O–H groups in total. The molecule has 0 spiro atoms. The van der Waals surface area contributed by atoms with Gasteiger partial charge in [-0.3, -0.25) is 9.48 Å². The van der Waals surface area contributed by atoms with Gasteiger partial charge in [-0.2, -0.15) is 5.10 Å². The number of rotatable bonds is 6. The first kappa shape index (κ1) is 20.2. The number of para-hydroxylation sites is 1. The fraction of sp³-hybridized carbons (Fsp3) is 0.0769. The van der Waals surface area contributed by atoms with E-state index in [9.17, 15) is 4.79 Å². The molecular weight excluding hydrogens is 412 g/mol. The maximum Gasteiger partial charge on any atom is 0.255 e. The molecule has 0 aliphatic heterocycles. The molecule has 0 saturated carbocycles. The lowest BCUT2D eigenvalue weighted by atomic mass is 10.0. The van der Waals surface area contributed by atoms with Gasteiger partial charge in [0.15, 0.2) is 0 Å². The molecule has 0 aliphatic rings. The second-order valence-corrected chi connectivity index (χ2v) is 7.54. The van der Waals surface area contributed by atoms with Gasteiger partial charge in [-0.05, 0) is 35.9 Å². The second kappa shape index (κ2) is 8.81. The highest BCUT2D eigenvalue weighted by Gasteiger charge is 2.18. The van der Waals surface area contributed by atoms with E-state index in [0.717, 1.165) is 33.5 Å².